The van der Waals surface area contributed by atoms with Crippen LogP contribution in [0, 0.1) is 6.92 Å². The second kappa shape index (κ2) is 4.39. The monoisotopic (exact) mass is 216 g/mol. The van der Waals surface area contributed by atoms with E-state index in [1.54, 1.807) is 10.7 Å². The second-order valence-corrected chi connectivity index (χ2v) is 3.99. The summed E-state index contributed by atoms with van der Waals surface area (Å²) in [5.74, 6) is 0. The zero-order chi connectivity index (χ0) is 11.5. The molecule has 0 atom stereocenters. The molecule has 2 rings (SSSR count). The molecule has 1 aromatic carbocycles. The van der Waals surface area contributed by atoms with Crippen molar-refractivity contribution in [2.45, 2.75) is 26.7 Å². The molecule has 2 aromatic rings. The first-order chi connectivity index (χ1) is 7.72. The van der Waals surface area contributed by atoms with Crippen LogP contribution >= 0.6 is 0 Å². The Bertz CT molecular complexity index is 537. The fourth-order valence-electron chi connectivity index (χ4n) is 1.84. The Labute approximate surface area is 94.7 Å². The van der Waals surface area contributed by atoms with Gasteiger partial charge in [0.2, 0.25) is 0 Å². The maximum atomic E-state index is 11.8. The van der Waals surface area contributed by atoms with E-state index in [-0.39, 0.29) is 5.56 Å². The first kappa shape index (κ1) is 10.7. The zero-order valence-corrected chi connectivity index (χ0v) is 9.66. The van der Waals surface area contributed by atoms with Crippen molar-refractivity contribution in [2.75, 3.05) is 0 Å². The molecule has 0 saturated carbocycles. The van der Waals surface area contributed by atoms with Crippen molar-refractivity contribution in [1.29, 1.82) is 0 Å². The third-order valence-electron chi connectivity index (χ3n) is 2.65. The third kappa shape index (κ3) is 1.94. The predicted octanol–water partition coefficient (Wildman–Crippen LogP) is 2.43. The number of hydrogen-bond donors (Lipinski definition) is 1. The number of benzene rings is 1. The summed E-state index contributed by atoms with van der Waals surface area (Å²) in [4.78, 5) is 11.8. The summed E-state index contributed by atoms with van der Waals surface area (Å²) >= 11 is 0. The molecule has 0 unspecified atom stereocenters. The number of aryl methyl sites for hydroxylation is 2. The first-order valence-corrected chi connectivity index (χ1v) is 5.59. The van der Waals surface area contributed by atoms with Crippen LogP contribution in [0.15, 0.2) is 35.1 Å². The fourth-order valence-corrected chi connectivity index (χ4v) is 1.84. The molecule has 0 aliphatic rings. The average Bonchev–Trinajstić information content (AvgIpc) is 2.61. The van der Waals surface area contributed by atoms with E-state index in [9.17, 15) is 4.79 Å². The number of aromatic amines is 1. The zero-order valence-electron chi connectivity index (χ0n) is 9.66. The third-order valence-corrected chi connectivity index (χ3v) is 2.65. The summed E-state index contributed by atoms with van der Waals surface area (Å²) in [6, 6.07) is 9.54. The van der Waals surface area contributed by atoms with Crippen LogP contribution < -0.4 is 5.56 Å². The average molecular weight is 216 g/mol. The van der Waals surface area contributed by atoms with E-state index in [0.29, 0.717) is 0 Å². The lowest BCUT2D eigenvalue weighted by Crippen LogP contribution is -2.14. The Hall–Kier alpha value is -1.77. The molecule has 1 N–H and O–H groups in total. The number of aromatic nitrogens is 2. The maximum absolute atomic E-state index is 11.8. The van der Waals surface area contributed by atoms with Crippen LogP contribution in [0.5, 0.6) is 0 Å². The van der Waals surface area contributed by atoms with Gasteiger partial charge >= 0.3 is 0 Å². The Morgan fingerprint density at radius 1 is 1.31 bits per heavy atom. The molecule has 1 aromatic heterocycles. The Morgan fingerprint density at radius 3 is 2.75 bits per heavy atom. The molecule has 0 saturated heterocycles. The SMILES string of the molecule is CCCc1cc(=O)n(-c2ccccc2C)[nH]1. The number of nitrogens with one attached hydrogen (secondary N) is 1. The van der Waals surface area contributed by atoms with E-state index in [1.807, 2.05) is 31.2 Å². The van der Waals surface area contributed by atoms with Gasteiger partial charge in [0.05, 0.1) is 5.69 Å². The highest BCUT2D eigenvalue weighted by atomic mass is 16.1. The molecule has 3 nitrogen and oxygen atoms in total. The quantitative estimate of drug-likeness (QED) is 0.840. The molecule has 0 aliphatic heterocycles. The second-order valence-electron chi connectivity index (χ2n) is 3.99. The molecule has 0 aliphatic carbocycles. The van der Waals surface area contributed by atoms with Crippen LogP contribution in [0.4, 0.5) is 0 Å². The van der Waals surface area contributed by atoms with Crippen LogP contribution in [0.1, 0.15) is 24.6 Å². The van der Waals surface area contributed by atoms with E-state index < -0.39 is 0 Å². The van der Waals surface area contributed by atoms with Crippen molar-refractivity contribution in [3.63, 3.8) is 0 Å². The van der Waals surface area contributed by atoms with Crippen molar-refractivity contribution in [3.05, 3.63) is 51.9 Å². The van der Waals surface area contributed by atoms with Crippen molar-refractivity contribution in [2.24, 2.45) is 0 Å². The molecule has 0 fully saturated rings. The largest absolute Gasteiger partial charge is 0.295 e. The topological polar surface area (TPSA) is 37.8 Å². The van der Waals surface area contributed by atoms with Crippen LogP contribution in [0.3, 0.4) is 0 Å². The summed E-state index contributed by atoms with van der Waals surface area (Å²) in [5, 5.41) is 3.14. The van der Waals surface area contributed by atoms with Crippen LogP contribution in [0.2, 0.25) is 0 Å². The Kier molecular flexibility index (Phi) is 2.95. The van der Waals surface area contributed by atoms with Gasteiger partial charge in [-0.25, -0.2) is 4.68 Å². The minimum absolute atomic E-state index is 0.0118. The number of para-hydroxylation sites is 1. The van der Waals surface area contributed by atoms with Gasteiger partial charge in [-0.3, -0.25) is 9.89 Å². The molecule has 0 spiro atoms. The molecule has 0 bridgehead atoms. The summed E-state index contributed by atoms with van der Waals surface area (Å²) in [7, 11) is 0. The normalized spacial score (nSPS) is 10.6. The smallest absolute Gasteiger partial charge is 0.271 e. The lowest BCUT2D eigenvalue weighted by molar-refractivity contribution is 0.790. The summed E-state index contributed by atoms with van der Waals surface area (Å²) in [6.07, 6.45) is 1.95. The van der Waals surface area contributed by atoms with Gasteiger partial charge in [-0.1, -0.05) is 31.5 Å². The van der Waals surface area contributed by atoms with E-state index in [1.165, 1.54) is 0 Å². The minimum Gasteiger partial charge on any atom is -0.295 e. The van der Waals surface area contributed by atoms with Crippen molar-refractivity contribution < 1.29 is 0 Å². The molecule has 3 heteroatoms. The fraction of sp³-hybridized carbons (Fsp3) is 0.308. The van der Waals surface area contributed by atoms with Gasteiger partial charge in [0.15, 0.2) is 0 Å². The molecular weight excluding hydrogens is 200 g/mol. The van der Waals surface area contributed by atoms with Gasteiger partial charge in [-0.15, -0.1) is 0 Å². The predicted molar refractivity (Wildman–Crippen MR) is 65.1 cm³/mol. The molecule has 1 heterocycles. The Morgan fingerprint density at radius 2 is 2.06 bits per heavy atom. The van der Waals surface area contributed by atoms with Gasteiger partial charge < -0.3 is 0 Å². The number of rotatable bonds is 3. The van der Waals surface area contributed by atoms with Gasteiger partial charge in [-0.05, 0) is 25.0 Å². The highest BCUT2D eigenvalue weighted by Gasteiger charge is 2.05. The number of H-pyrrole nitrogens is 1. The van der Waals surface area contributed by atoms with Gasteiger partial charge in [0, 0.05) is 11.8 Å². The van der Waals surface area contributed by atoms with Crippen LogP contribution in [0.25, 0.3) is 5.69 Å². The lowest BCUT2D eigenvalue weighted by Gasteiger charge is -2.05. The highest BCUT2D eigenvalue weighted by Crippen LogP contribution is 2.10. The van der Waals surface area contributed by atoms with Crippen LogP contribution in [-0.4, -0.2) is 9.78 Å². The summed E-state index contributed by atoms with van der Waals surface area (Å²) in [6.45, 7) is 4.10. The highest BCUT2D eigenvalue weighted by molar-refractivity contribution is 5.39. The molecule has 0 radical (unpaired) electrons. The van der Waals surface area contributed by atoms with Crippen molar-refractivity contribution in [3.8, 4) is 5.69 Å². The van der Waals surface area contributed by atoms with Crippen molar-refractivity contribution >= 4 is 0 Å². The van der Waals surface area contributed by atoms with E-state index >= 15 is 0 Å². The summed E-state index contributed by atoms with van der Waals surface area (Å²) in [5.41, 5.74) is 3.03. The summed E-state index contributed by atoms with van der Waals surface area (Å²) < 4.78 is 1.61. The van der Waals surface area contributed by atoms with E-state index in [4.69, 9.17) is 0 Å². The number of nitrogens with zero attached hydrogens (tertiary/aromatic N) is 1. The maximum Gasteiger partial charge on any atom is 0.271 e. The van der Waals surface area contributed by atoms with Crippen molar-refractivity contribution in [1.82, 2.24) is 9.78 Å². The number of hydrogen-bond acceptors (Lipinski definition) is 1. The minimum atomic E-state index is 0.0118. The standard InChI is InChI=1S/C13H16N2O/c1-3-6-11-9-13(16)15(14-11)12-8-5-4-7-10(12)2/h4-5,7-9,14H,3,6H2,1-2H3. The molecule has 84 valence electrons. The Balaban J connectivity index is 2.48. The van der Waals surface area contributed by atoms with E-state index in [0.717, 1.165) is 29.8 Å². The van der Waals surface area contributed by atoms with E-state index in [2.05, 4.69) is 12.0 Å². The molecule has 16 heavy (non-hydrogen) atoms. The molecule has 0 amide bonds. The van der Waals surface area contributed by atoms with Gasteiger partial charge in [-0.2, -0.15) is 0 Å². The molecular formula is C13H16N2O. The van der Waals surface area contributed by atoms with Crippen LogP contribution in [-0.2, 0) is 6.42 Å². The van der Waals surface area contributed by atoms with Gasteiger partial charge in [0.1, 0.15) is 0 Å². The lowest BCUT2D eigenvalue weighted by atomic mass is 10.2. The first-order valence-electron chi connectivity index (χ1n) is 5.59. The van der Waals surface area contributed by atoms with Gasteiger partial charge in [0.25, 0.3) is 5.56 Å².